The summed E-state index contributed by atoms with van der Waals surface area (Å²) in [6.45, 7) is 11.1. The quantitative estimate of drug-likeness (QED) is 0.675. The summed E-state index contributed by atoms with van der Waals surface area (Å²) >= 11 is 0. The van der Waals surface area contributed by atoms with Crippen molar-refractivity contribution in [2.45, 2.75) is 26.7 Å². The number of hydrogen-bond donors (Lipinski definition) is 2. The molecule has 5 heteroatoms. The molecule has 1 aliphatic heterocycles. The lowest BCUT2D eigenvalue weighted by molar-refractivity contribution is 0.124. The number of carboxylic acid groups (broad SMARTS) is 1. The average Bonchev–Trinajstić information content (AvgIpc) is 2.39. The Morgan fingerprint density at radius 2 is 1.94 bits per heavy atom. The first kappa shape index (κ1) is 15.2. The fourth-order valence-corrected chi connectivity index (χ4v) is 2.41. The van der Waals surface area contributed by atoms with E-state index in [2.05, 4.69) is 24.1 Å². The summed E-state index contributed by atoms with van der Waals surface area (Å²) in [5.74, 6) is 0.636. The van der Waals surface area contributed by atoms with Crippen LogP contribution in [0, 0.1) is 5.92 Å². The van der Waals surface area contributed by atoms with Gasteiger partial charge >= 0.3 is 6.09 Å². The van der Waals surface area contributed by atoms with E-state index < -0.39 is 6.09 Å². The molecule has 5 nitrogen and oxygen atoms in total. The summed E-state index contributed by atoms with van der Waals surface area (Å²) in [4.78, 5) is 14.7. The highest BCUT2D eigenvalue weighted by Gasteiger charge is 2.21. The Balaban J connectivity index is 2.06. The fraction of sp³-hybridized carbons (Fsp3) is 0.923. The van der Waals surface area contributed by atoms with Gasteiger partial charge in [0.05, 0.1) is 0 Å². The molecule has 0 aromatic heterocycles. The minimum atomic E-state index is -0.775. The van der Waals surface area contributed by atoms with Gasteiger partial charge in [0, 0.05) is 26.2 Å². The van der Waals surface area contributed by atoms with Crippen molar-refractivity contribution in [1.29, 1.82) is 0 Å². The van der Waals surface area contributed by atoms with Gasteiger partial charge in [-0.15, -0.1) is 0 Å². The first-order chi connectivity index (χ1) is 8.67. The summed E-state index contributed by atoms with van der Waals surface area (Å²) in [5.41, 5.74) is 0. The number of carbonyl (C=O) groups is 1. The maximum atomic E-state index is 10.8. The lowest BCUT2D eigenvalue weighted by atomic mass is 9.97. The second kappa shape index (κ2) is 8.32. The van der Waals surface area contributed by atoms with Gasteiger partial charge in [-0.3, -0.25) is 0 Å². The van der Waals surface area contributed by atoms with Crippen LogP contribution in [0.3, 0.4) is 0 Å². The van der Waals surface area contributed by atoms with E-state index >= 15 is 0 Å². The van der Waals surface area contributed by atoms with E-state index in [-0.39, 0.29) is 0 Å². The summed E-state index contributed by atoms with van der Waals surface area (Å²) < 4.78 is 0. The average molecular weight is 257 g/mol. The van der Waals surface area contributed by atoms with Gasteiger partial charge < -0.3 is 20.2 Å². The van der Waals surface area contributed by atoms with Gasteiger partial charge in [-0.05, 0) is 38.4 Å². The normalized spacial score (nSPS) is 17.4. The highest BCUT2D eigenvalue weighted by Crippen LogP contribution is 2.16. The minimum absolute atomic E-state index is 0.636. The highest BCUT2D eigenvalue weighted by molar-refractivity contribution is 5.64. The van der Waals surface area contributed by atoms with Gasteiger partial charge in [-0.2, -0.15) is 0 Å². The number of rotatable bonds is 7. The molecule has 0 saturated carbocycles. The summed E-state index contributed by atoms with van der Waals surface area (Å²) in [5, 5.41) is 12.3. The molecule has 0 atom stereocenters. The maximum Gasteiger partial charge on any atom is 0.407 e. The standard InChI is InChI=1S/C13H27N3O2/c1-3-15(4-2)10-7-14-11-12-5-8-16(9-6-12)13(17)18/h12,14H,3-11H2,1-2H3,(H,17,18). The Morgan fingerprint density at radius 1 is 1.33 bits per heavy atom. The van der Waals surface area contributed by atoms with Crippen molar-refractivity contribution in [3.8, 4) is 0 Å². The monoisotopic (exact) mass is 257 g/mol. The van der Waals surface area contributed by atoms with E-state index in [4.69, 9.17) is 5.11 Å². The Kier molecular flexibility index (Phi) is 7.05. The van der Waals surface area contributed by atoms with E-state index in [9.17, 15) is 4.79 Å². The van der Waals surface area contributed by atoms with Crippen LogP contribution in [0.5, 0.6) is 0 Å². The predicted molar refractivity (Wildman–Crippen MR) is 73.0 cm³/mol. The molecule has 0 spiro atoms. The predicted octanol–water partition coefficient (Wildman–Crippen LogP) is 1.31. The molecule has 1 aliphatic rings. The van der Waals surface area contributed by atoms with Crippen molar-refractivity contribution in [3.63, 3.8) is 0 Å². The first-order valence-corrected chi connectivity index (χ1v) is 7.08. The van der Waals surface area contributed by atoms with Crippen LogP contribution in [0.25, 0.3) is 0 Å². The van der Waals surface area contributed by atoms with Crippen molar-refractivity contribution in [1.82, 2.24) is 15.1 Å². The largest absolute Gasteiger partial charge is 0.465 e. The molecule has 1 amide bonds. The Morgan fingerprint density at radius 3 is 2.44 bits per heavy atom. The molecular weight excluding hydrogens is 230 g/mol. The van der Waals surface area contributed by atoms with Gasteiger partial charge in [0.2, 0.25) is 0 Å². The third-order valence-electron chi connectivity index (χ3n) is 3.82. The maximum absolute atomic E-state index is 10.8. The van der Waals surface area contributed by atoms with Crippen LogP contribution >= 0.6 is 0 Å². The number of nitrogens with zero attached hydrogens (tertiary/aromatic N) is 2. The number of hydrogen-bond acceptors (Lipinski definition) is 3. The molecule has 0 aromatic rings. The van der Waals surface area contributed by atoms with E-state index in [0.29, 0.717) is 19.0 Å². The molecule has 0 bridgehead atoms. The lowest BCUT2D eigenvalue weighted by Crippen LogP contribution is -2.41. The highest BCUT2D eigenvalue weighted by atomic mass is 16.4. The molecule has 18 heavy (non-hydrogen) atoms. The van der Waals surface area contributed by atoms with Crippen LogP contribution in [-0.4, -0.2) is 66.8 Å². The van der Waals surface area contributed by atoms with Gasteiger partial charge in [-0.1, -0.05) is 13.8 Å². The van der Waals surface area contributed by atoms with Crippen molar-refractivity contribution in [3.05, 3.63) is 0 Å². The number of nitrogens with one attached hydrogen (secondary N) is 1. The summed E-state index contributed by atoms with van der Waals surface area (Å²) in [6, 6.07) is 0. The third kappa shape index (κ3) is 5.23. The zero-order valence-corrected chi connectivity index (χ0v) is 11.7. The fourth-order valence-electron chi connectivity index (χ4n) is 2.41. The van der Waals surface area contributed by atoms with Crippen LogP contribution in [0.1, 0.15) is 26.7 Å². The molecule has 0 radical (unpaired) electrons. The molecule has 0 unspecified atom stereocenters. The smallest absolute Gasteiger partial charge is 0.407 e. The molecular formula is C13H27N3O2. The van der Waals surface area contributed by atoms with Gasteiger partial charge in [0.25, 0.3) is 0 Å². The second-order valence-electron chi connectivity index (χ2n) is 4.94. The number of likely N-dealkylation sites (tertiary alicyclic amines) is 1. The molecule has 1 saturated heterocycles. The molecule has 0 aromatic carbocycles. The molecule has 1 fully saturated rings. The van der Waals surface area contributed by atoms with E-state index in [1.165, 1.54) is 4.90 Å². The second-order valence-corrected chi connectivity index (χ2v) is 4.94. The van der Waals surface area contributed by atoms with E-state index in [1.807, 2.05) is 0 Å². The molecule has 1 heterocycles. The zero-order valence-electron chi connectivity index (χ0n) is 11.7. The third-order valence-corrected chi connectivity index (χ3v) is 3.82. The first-order valence-electron chi connectivity index (χ1n) is 7.08. The number of amides is 1. The van der Waals surface area contributed by atoms with Crippen molar-refractivity contribution in [2.24, 2.45) is 5.92 Å². The van der Waals surface area contributed by atoms with E-state index in [0.717, 1.165) is 45.6 Å². The zero-order chi connectivity index (χ0) is 13.4. The molecule has 0 aliphatic carbocycles. The van der Waals surface area contributed by atoms with Crippen LogP contribution in [-0.2, 0) is 0 Å². The topological polar surface area (TPSA) is 55.8 Å². The summed E-state index contributed by atoms with van der Waals surface area (Å²) in [6.07, 6.45) is 1.21. The van der Waals surface area contributed by atoms with Gasteiger partial charge in [0.15, 0.2) is 0 Å². The van der Waals surface area contributed by atoms with Gasteiger partial charge in [0.1, 0.15) is 0 Å². The molecule has 1 rings (SSSR count). The Hall–Kier alpha value is -0.810. The SMILES string of the molecule is CCN(CC)CCNCC1CCN(C(=O)O)CC1. The van der Waals surface area contributed by atoms with Crippen molar-refractivity contribution >= 4 is 6.09 Å². The lowest BCUT2D eigenvalue weighted by Gasteiger charge is -2.30. The van der Waals surface area contributed by atoms with Crippen molar-refractivity contribution in [2.75, 3.05) is 45.8 Å². The Bertz CT molecular complexity index is 236. The Labute approximate surface area is 110 Å². The van der Waals surface area contributed by atoms with Gasteiger partial charge in [-0.25, -0.2) is 4.79 Å². The van der Waals surface area contributed by atoms with Crippen LogP contribution in [0.4, 0.5) is 4.79 Å². The van der Waals surface area contributed by atoms with Crippen LogP contribution in [0.2, 0.25) is 0 Å². The minimum Gasteiger partial charge on any atom is -0.465 e. The molecule has 2 N–H and O–H groups in total. The van der Waals surface area contributed by atoms with Crippen molar-refractivity contribution < 1.29 is 9.90 Å². The van der Waals surface area contributed by atoms with E-state index in [1.54, 1.807) is 0 Å². The number of likely N-dealkylation sites (N-methyl/N-ethyl adjacent to an activating group) is 1. The summed E-state index contributed by atoms with van der Waals surface area (Å²) in [7, 11) is 0. The number of piperidine rings is 1. The molecule has 106 valence electrons. The van der Waals surface area contributed by atoms with Crippen LogP contribution in [0.15, 0.2) is 0 Å². The van der Waals surface area contributed by atoms with Crippen LogP contribution < -0.4 is 5.32 Å².